The SMILES string of the molecule is CCCCCCCCC=CC(OC/C=C(\C)CCC=C(C)C)OC/C=C(\C)CCC=C(C)C. The van der Waals surface area contributed by atoms with Crippen molar-refractivity contribution in [2.45, 2.75) is 125 Å². The van der Waals surface area contributed by atoms with Gasteiger partial charge in [0, 0.05) is 0 Å². The maximum Gasteiger partial charge on any atom is 0.177 e. The van der Waals surface area contributed by atoms with Crippen molar-refractivity contribution in [2.24, 2.45) is 0 Å². The molecule has 0 amide bonds. The van der Waals surface area contributed by atoms with E-state index in [0.29, 0.717) is 13.2 Å². The van der Waals surface area contributed by atoms with E-state index in [0.717, 1.165) is 32.1 Å². The van der Waals surface area contributed by atoms with Crippen molar-refractivity contribution in [3.8, 4) is 0 Å². The molecule has 0 aliphatic carbocycles. The lowest BCUT2D eigenvalue weighted by Gasteiger charge is -2.14. The third-order valence-corrected chi connectivity index (χ3v) is 5.58. The summed E-state index contributed by atoms with van der Waals surface area (Å²) in [5.41, 5.74) is 5.51. The van der Waals surface area contributed by atoms with Gasteiger partial charge in [-0.25, -0.2) is 0 Å². The molecule has 190 valence electrons. The van der Waals surface area contributed by atoms with Crippen LogP contribution in [0, 0.1) is 0 Å². The Bertz CT molecular complexity index is 569. The summed E-state index contributed by atoms with van der Waals surface area (Å²) in [6.45, 7) is 16.4. The second-order valence-corrected chi connectivity index (χ2v) is 9.76. The zero-order chi connectivity index (χ0) is 24.7. The largest absolute Gasteiger partial charge is 0.345 e. The molecule has 0 fully saturated rings. The molecule has 0 saturated heterocycles. The van der Waals surface area contributed by atoms with Crippen LogP contribution in [0.15, 0.2) is 58.7 Å². The van der Waals surface area contributed by atoms with Crippen LogP contribution in [0.3, 0.4) is 0 Å². The van der Waals surface area contributed by atoms with Crippen LogP contribution in [0.2, 0.25) is 0 Å². The minimum Gasteiger partial charge on any atom is -0.345 e. The van der Waals surface area contributed by atoms with Crippen molar-refractivity contribution in [3.05, 3.63) is 58.7 Å². The minimum atomic E-state index is -0.284. The first-order chi connectivity index (χ1) is 15.8. The molecule has 0 atom stereocenters. The monoisotopic (exact) mass is 458 g/mol. The average Bonchev–Trinajstić information content (AvgIpc) is 2.74. The highest BCUT2D eigenvalue weighted by Crippen LogP contribution is 2.11. The van der Waals surface area contributed by atoms with Gasteiger partial charge in [-0.15, -0.1) is 0 Å². The predicted octanol–water partition coefficient (Wildman–Crippen LogP) is 10.0. The summed E-state index contributed by atoms with van der Waals surface area (Å²) in [5, 5.41) is 0. The van der Waals surface area contributed by atoms with E-state index in [1.807, 2.05) is 0 Å². The lowest BCUT2D eigenvalue weighted by molar-refractivity contribution is -0.0939. The van der Waals surface area contributed by atoms with Gasteiger partial charge in [-0.2, -0.15) is 0 Å². The molecule has 0 radical (unpaired) electrons. The molecule has 0 aromatic carbocycles. The number of allylic oxidation sites excluding steroid dienone is 7. The Labute approximate surface area is 206 Å². The first-order valence-electron chi connectivity index (χ1n) is 13.3. The van der Waals surface area contributed by atoms with Crippen LogP contribution in [0.1, 0.15) is 119 Å². The van der Waals surface area contributed by atoms with Crippen LogP contribution in [0.25, 0.3) is 0 Å². The van der Waals surface area contributed by atoms with E-state index in [1.54, 1.807) is 0 Å². The van der Waals surface area contributed by atoms with E-state index in [9.17, 15) is 0 Å². The van der Waals surface area contributed by atoms with E-state index in [2.05, 4.69) is 84.9 Å². The molecule has 0 aliphatic rings. The van der Waals surface area contributed by atoms with Gasteiger partial charge in [0.1, 0.15) is 0 Å². The zero-order valence-corrected chi connectivity index (χ0v) is 23.1. The zero-order valence-electron chi connectivity index (χ0n) is 23.1. The molecule has 0 bridgehead atoms. The minimum absolute atomic E-state index is 0.284. The van der Waals surface area contributed by atoms with E-state index >= 15 is 0 Å². The Hall–Kier alpha value is -1.38. The molecule has 0 rings (SSSR count). The third-order valence-electron chi connectivity index (χ3n) is 5.58. The van der Waals surface area contributed by atoms with Crippen LogP contribution >= 0.6 is 0 Å². The van der Waals surface area contributed by atoms with Gasteiger partial charge in [-0.05, 0) is 86.1 Å². The Morgan fingerprint density at radius 2 is 1.09 bits per heavy atom. The lowest BCUT2D eigenvalue weighted by atomic mass is 10.1. The highest BCUT2D eigenvalue weighted by molar-refractivity contribution is 5.03. The van der Waals surface area contributed by atoms with Gasteiger partial charge < -0.3 is 9.47 Å². The van der Waals surface area contributed by atoms with Gasteiger partial charge >= 0.3 is 0 Å². The Morgan fingerprint density at radius 3 is 1.58 bits per heavy atom. The maximum atomic E-state index is 6.05. The summed E-state index contributed by atoms with van der Waals surface area (Å²) in [5.74, 6) is 0. The molecule has 0 unspecified atom stereocenters. The molecule has 2 heteroatoms. The van der Waals surface area contributed by atoms with Gasteiger partial charge in [0.25, 0.3) is 0 Å². The topological polar surface area (TPSA) is 18.5 Å². The molecule has 33 heavy (non-hydrogen) atoms. The van der Waals surface area contributed by atoms with Crippen molar-refractivity contribution in [3.63, 3.8) is 0 Å². The quantitative estimate of drug-likeness (QED) is 0.103. The lowest BCUT2D eigenvalue weighted by Crippen LogP contribution is -2.15. The van der Waals surface area contributed by atoms with E-state index in [1.165, 1.54) is 60.8 Å². The number of unbranched alkanes of at least 4 members (excludes halogenated alkanes) is 6. The smallest absolute Gasteiger partial charge is 0.177 e. The second kappa shape index (κ2) is 22.4. The fourth-order valence-electron chi connectivity index (χ4n) is 3.36. The van der Waals surface area contributed by atoms with Crippen molar-refractivity contribution < 1.29 is 9.47 Å². The summed E-state index contributed by atoms with van der Waals surface area (Å²) in [6.07, 6.45) is 26.4. The number of ether oxygens (including phenoxy) is 2. The maximum absolute atomic E-state index is 6.05. The molecule has 0 aromatic heterocycles. The second-order valence-electron chi connectivity index (χ2n) is 9.76. The summed E-state index contributed by atoms with van der Waals surface area (Å²) in [4.78, 5) is 0. The van der Waals surface area contributed by atoms with Gasteiger partial charge in [-0.3, -0.25) is 0 Å². The van der Waals surface area contributed by atoms with Crippen LogP contribution in [-0.2, 0) is 9.47 Å². The molecule has 0 heterocycles. The van der Waals surface area contributed by atoms with E-state index < -0.39 is 0 Å². The van der Waals surface area contributed by atoms with Gasteiger partial charge in [-0.1, -0.05) is 91.7 Å². The van der Waals surface area contributed by atoms with Crippen LogP contribution in [0.4, 0.5) is 0 Å². The van der Waals surface area contributed by atoms with E-state index in [-0.39, 0.29) is 6.29 Å². The van der Waals surface area contributed by atoms with Crippen LogP contribution in [0.5, 0.6) is 0 Å². The molecule has 0 N–H and O–H groups in total. The number of rotatable bonds is 20. The van der Waals surface area contributed by atoms with E-state index in [4.69, 9.17) is 9.47 Å². The molecular formula is C31H54O2. The fraction of sp³-hybridized carbons (Fsp3) is 0.677. The van der Waals surface area contributed by atoms with Crippen LogP contribution < -0.4 is 0 Å². The predicted molar refractivity (Wildman–Crippen MR) is 148 cm³/mol. The van der Waals surface area contributed by atoms with Crippen LogP contribution in [-0.4, -0.2) is 19.5 Å². The normalized spacial score (nSPS) is 12.6. The Morgan fingerprint density at radius 1 is 0.606 bits per heavy atom. The molecule has 0 spiro atoms. The van der Waals surface area contributed by atoms with Gasteiger partial charge in [0.2, 0.25) is 0 Å². The van der Waals surface area contributed by atoms with Gasteiger partial charge in [0.15, 0.2) is 6.29 Å². The molecule has 0 aromatic rings. The third kappa shape index (κ3) is 23.6. The first-order valence-corrected chi connectivity index (χ1v) is 13.3. The van der Waals surface area contributed by atoms with Crippen molar-refractivity contribution in [1.82, 2.24) is 0 Å². The molecular weight excluding hydrogens is 404 g/mol. The number of hydrogen-bond donors (Lipinski definition) is 0. The average molecular weight is 459 g/mol. The van der Waals surface area contributed by atoms with Crippen molar-refractivity contribution in [2.75, 3.05) is 13.2 Å². The first kappa shape index (κ1) is 31.6. The van der Waals surface area contributed by atoms with Crippen molar-refractivity contribution in [1.29, 1.82) is 0 Å². The Kier molecular flexibility index (Phi) is 21.5. The highest BCUT2D eigenvalue weighted by atomic mass is 16.7. The van der Waals surface area contributed by atoms with Gasteiger partial charge in [0.05, 0.1) is 13.2 Å². The molecule has 2 nitrogen and oxygen atoms in total. The molecule has 0 saturated carbocycles. The number of hydrogen-bond acceptors (Lipinski definition) is 2. The fourth-order valence-corrected chi connectivity index (χ4v) is 3.36. The standard InChI is InChI=1S/C31H54O2/c1-8-9-10-11-12-13-14-15-22-31(32-25-23-29(6)20-16-18-27(2)3)33-26-24-30(7)21-17-19-28(4)5/h15,18-19,22-24,31H,8-14,16-17,20-21,25-26H2,1-7H3/b22-15?,29-23+,30-24+. The Balaban J connectivity index is 4.57. The highest BCUT2D eigenvalue weighted by Gasteiger charge is 2.04. The summed E-state index contributed by atoms with van der Waals surface area (Å²) < 4.78 is 12.1. The molecule has 0 aliphatic heterocycles. The summed E-state index contributed by atoms with van der Waals surface area (Å²) >= 11 is 0. The summed E-state index contributed by atoms with van der Waals surface area (Å²) in [6, 6.07) is 0. The summed E-state index contributed by atoms with van der Waals surface area (Å²) in [7, 11) is 0. The van der Waals surface area contributed by atoms with Crippen molar-refractivity contribution >= 4 is 0 Å².